The van der Waals surface area contributed by atoms with Crippen molar-refractivity contribution >= 4 is 11.8 Å². The van der Waals surface area contributed by atoms with E-state index in [9.17, 15) is 0 Å². The van der Waals surface area contributed by atoms with Crippen molar-refractivity contribution in [1.82, 2.24) is 0 Å². The highest BCUT2D eigenvalue weighted by molar-refractivity contribution is 7.78. The van der Waals surface area contributed by atoms with Crippen molar-refractivity contribution in [1.29, 1.82) is 0 Å². The van der Waals surface area contributed by atoms with E-state index in [-0.39, 0.29) is 0 Å². The highest BCUT2D eigenvalue weighted by Crippen LogP contribution is 2.17. The second-order valence-electron chi connectivity index (χ2n) is 4.20. The van der Waals surface area contributed by atoms with Crippen molar-refractivity contribution in [2.75, 3.05) is 20.3 Å². The molecule has 112 valence electrons. The minimum Gasteiger partial charge on any atom is -0.494 e. The molecule has 0 aromatic heterocycles. The third-order valence-corrected chi connectivity index (χ3v) is 3.72. The van der Waals surface area contributed by atoms with Crippen LogP contribution >= 0.6 is 0 Å². The summed E-state index contributed by atoms with van der Waals surface area (Å²) in [5, 5.41) is 4.30. The summed E-state index contributed by atoms with van der Waals surface area (Å²) in [6.45, 7) is 1.00. The van der Waals surface area contributed by atoms with Crippen molar-refractivity contribution in [3.05, 3.63) is 54.6 Å². The van der Waals surface area contributed by atoms with E-state index in [0.29, 0.717) is 13.2 Å². The lowest BCUT2D eigenvalue weighted by Crippen LogP contribution is -2.03. The van der Waals surface area contributed by atoms with E-state index in [2.05, 4.69) is 46.3 Å². The zero-order valence-electron chi connectivity index (χ0n) is 11.9. The van der Waals surface area contributed by atoms with Crippen LogP contribution < -0.4 is 4.74 Å². The van der Waals surface area contributed by atoms with Gasteiger partial charge in [-0.3, -0.25) is 0 Å². The number of benzene rings is 2. The second kappa shape index (κ2) is 9.41. The van der Waals surface area contributed by atoms with E-state index >= 15 is 0 Å². The van der Waals surface area contributed by atoms with Crippen LogP contribution in [0, 0.1) is 0 Å². The predicted octanol–water partition coefficient (Wildman–Crippen LogP) is 3.20. The smallest absolute Gasteiger partial charge is 0.158 e. The lowest BCUT2D eigenvalue weighted by atomic mass is 10.3. The SMILES string of the molecule is COOOCCCOc1ccc([SH+]c2ccccc2)cc1. The molecule has 0 aliphatic rings. The van der Waals surface area contributed by atoms with Gasteiger partial charge in [-0.25, -0.2) is 9.78 Å². The number of ether oxygens (including phenoxy) is 1. The van der Waals surface area contributed by atoms with Crippen LogP contribution in [0.25, 0.3) is 0 Å². The zero-order valence-corrected chi connectivity index (χ0v) is 12.8. The third kappa shape index (κ3) is 6.18. The maximum atomic E-state index is 5.61. The standard InChI is InChI=1S/C16H18O4S/c1-17-20-19-13-5-12-18-14-8-10-16(11-9-14)21-15-6-3-2-4-7-15/h2-4,6-11H,5,12-13H2,1H3/p+1. The van der Waals surface area contributed by atoms with E-state index in [1.54, 1.807) is 0 Å². The van der Waals surface area contributed by atoms with Gasteiger partial charge in [-0.2, -0.15) is 0 Å². The van der Waals surface area contributed by atoms with Crippen LogP contribution in [-0.2, 0) is 26.6 Å². The van der Waals surface area contributed by atoms with Gasteiger partial charge in [-0.15, -0.1) is 0 Å². The van der Waals surface area contributed by atoms with Gasteiger partial charge in [0.1, 0.15) is 5.75 Å². The van der Waals surface area contributed by atoms with Gasteiger partial charge >= 0.3 is 0 Å². The molecule has 0 atom stereocenters. The lowest BCUT2D eigenvalue weighted by Gasteiger charge is -2.05. The van der Waals surface area contributed by atoms with Gasteiger partial charge in [0.25, 0.3) is 0 Å². The predicted molar refractivity (Wildman–Crippen MR) is 82.3 cm³/mol. The molecule has 2 aromatic carbocycles. The summed E-state index contributed by atoms with van der Waals surface area (Å²) in [6.07, 6.45) is 0.730. The molecule has 0 aliphatic heterocycles. The molecule has 0 N–H and O–H groups in total. The summed E-state index contributed by atoms with van der Waals surface area (Å²) in [6, 6.07) is 18.5. The van der Waals surface area contributed by atoms with Gasteiger partial charge in [0.15, 0.2) is 9.79 Å². The summed E-state index contributed by atoms with van der Waals surface area (Å²) in [4.78, 5) is 11.5. The van der Waals surface area contributed by atoms with Crippen LogP contribution in [0.2, 0.25) is 0 Å². The van der Waals surface area contributed by atoms with Gasteiger partial charge < -0.3 is 4.74 Å². The quantitative estimate of drug-likeness (QED) is 0.234. The topological polar surface area (TPSA) is 36.9 Å². The first-order valence-corrected chi connectivity index (χ1v) is 7.60. The van der Waals surface area contributed by atoms with Crippen molar-refractivity contribution in [3.63, 3.8) is 0 Å². The minimum absolute atomic E-state index is 0.429. The molecule has 0 heterocycles. The Labute approximate surface area is 128 Å². The van der Waals surface area contributed by atoms with Crippen LogP contribution in [-0.4, -0.2) is 20.3 Å². The molecular weight excluding hydrogens is 288 g/mol. The molecule has 0 radical (unpaired) electrons. The molecule has 2 rings (SSSR count). The van der Waals surface area contributed by atoms with E-state index in [4.69, 9.17) is 9.62 Å². The number of thiol groups is 1. The fraction of sp³-hybridized carbons (Fsp3) is 0.250. The normalized spacial score (nSPS) is 10.5. The highest BCUT2D eigenvalue weighted by Gasteiger charge is 2.06. The molecule has 0 saturated carbocycles. The first-order chi connectivity index (χ1) is 10.4. The van der Waals surface area contributed by atoms with Crippen LogP contribution in [0.3, 0.4) is 0 Å². The molecule has 0 saturated heterocycles. The summed E-state index contributed by atoms with van der Waals surface area (Å²) >= 11 is 1.20. The van der Waals surface area contributed by atoms with Gasteiger partial charge in [0.05, 0.1) is 20.3 Å². The van der Waals surface area contributed by atoms with Crippen molar-refractivity contribution in [3.8, 4) is 5.75 Å². The Morgan fingerprint density at radius 2 is 1.57 bits per heavy atom. The molecule has 5 heteroatoms. The van der Waals surface area contributed by atoms with Crippen molar-refractivity contribution in [2.45, 2.75) is 16.2 Å². The van der Waals surface area contributed by atoms with E-state index < -0.39 is 0 Å². The molecule has 0 unspecified atom stereocenters. The Kier molecular flexibility index (Phi) is 7.11. The Hall–Kier alpha value is -1.53. The van der Waals surface area contributed by atoms with Crippen LogP contribution in [0.5, 0.6) is 5.75 Å². The van der Waals surface area contributed by atoms with Gasteiger partial charge in [0.2, 0.25) is 0 Å². The Morgan fingerprint density at radius 1 is 0.857 bits per heavy atom. The second-order valence-corrected chi connectivity index (χ2v) is 5.46. The number of hydrogen-bond acceptors (Lipinski definition) is 4. The molecule has 4 nitrogen and oxygen atoms in total. The molecule has 0 spiro atoms. The first-order valence-electron chi connectivity index (χ1n) is 6.70. The summed E-state index contributed by atoms with van der Waals surface area (Å²) in [5.41, 5.74) is 0. The molecule has 0 bridgehead atoms. The molecule has 0 fully saturated rings. The largest absolute Gasteiger partial charge is 0.494 e. The molecule has 21 heavy (non-hydrogen) atoms. The average molecular weight is 307 g/mol. The number of hydrogen-bond donors (Lipinski definition) is 0. The Morgan fingerprint density at radius 3 is 2.29 bits per heavy atom. The van der Waals surface area contributed by atoms with Crippen molar-refractivity contribution < 1.29 is 19.6 Å². The first kappa shape index (κ1) is 15.9. The summed E-state index contributed by atoms with van der Waals surface area (Å²) in [5.74, 6) is 0.856. The summed E-state index contributed by atoms with van der Waals surface area (Å²) in [7, 11) is 1.40. The van der Waals surface area contributed by atoms with E-state index in [1.807, 2.05) is 18.2 Å². The van der Waals surface area contributed by atoms with E-state index in [1.165, 1.54) is 28.7 Å². The molecule has 0 amide bonds. The maximum absolute atomic E-state index is 5.61. The monoisotopic (exact) mass is 307 g/mol. The Balaban J connectivity index is 1.72. The van der Waals surface area contributed by atoms with Gasteiger partial charge in [0, 0.05) is 18.2 Å². The number of rotatable bonds is 9. The van der Waals surface area contributed by atoms with Crippen LogP contribution in [0.4, 0.5) is 0 Å². The molecular formula is C16H19O4S+. The average Bonchev–Trinajstić information content (AvgIpc) is 2.53. The molecule has 0 aliphatic carbocycles. The van der Waals surface area contributed by atoms with Gasteiger partial charge in [-0.05, 0) is 36.4 Å². The lowest BCUT2D eigenvalue weighted by molar-refractivity contribution is -0.502. The summed E-state index contributed by atoms with van der Waals surface area (Å²) < 4.78 is 5.61. The minimum atomic E-state index is 0.429. The van der Waals surface area contributed by atoms with Gasteiger partial charge in [-0.1, -0.05) is 23.2 Å². The van der Waals surface area contributed by atoms with Crippen molar-refractivity contribution in [2.24, 2.45) is 0 Å². The molecule has 2 aromatic rings. The van der Waals surface area contributed by atoms with Crippen LogP contribution in [0.1, 0.15) is 6.42 Å². The van der Waals surface area contributed by atoms with Crippen LogP contribution in [0.15, 0.2) is 64.4 Å². The fourth-order valence-electron chi connectivity index (χ4n) is 1.66. The third-order valence-electron chi connectivity index (χ3n) is 2.61. The maximum Gasteiger partial charge on any atom is 0.158 e. The Bertz CT molecular complexity index is 501. The zero-order chi connectivity index (χ0) is 14.8. The van der Waals surface area contributed by atoms with E-state index in [0.717, 1.165) is 12.2 Å². The highest BCUT2D eigenvalue weighted by atomic mass is 32.2. The fourth-order valence-corrected chi connectivity index (χ4v) is 2.58.